The fourth-order valence-corrected chi connectivity index (χ4v) is 4.51. The molecule has 0 aliphatic heterocycles. The predicted octanol–water partition coefficient (Wildman–Crippen LogP) is 7.17. The number of rotatable bonds is 5. The molecule has 32 heavy (non-hydrogen) atoms. The van der Waals surface area contributed by atoms with Gasteiger partial charge in [-0.3, -0.25) is 4.57 Å². The largest absolute Gasteiger partial charge is 0.422 e. The second-order valence-corrected chi connectivity index (χ2v) is 8.86. The van der Waals surface area contributed by atoms with Gasteiger partial charge in [0.2, 0.25) is 0 Å². The van der Waals surface area contributed by atoms with Crippen LogP contribution in [-0.4, -0.2) is 9.55 Å². The minimum Gasteiger partial charge on any atom is -0.422 e. The first-order valence-corrected chi connectivity index (χ1v) is 11.6. The van der Waals surface area contributed by atoms with E-state index in [0.717, 1.165) is 26.3 Å². The van der Waals surface area contributed by atoms with Gasteiger partial charge in [0, 0.05) is 21.7 Å². The maximum atomic E-state index is 12.7. The summed E-state index contributed by atoms with van der Waals surface area (Å²) >= 11 is 4.97. The minimum absolute atomic E-state index is 0.408. The van der Waals surface area contributed by atoms with E-state index in [9.17, 15) is 4.79 Å². The van der Waals surface area contributed by atoms with Crippen LogP contribution in [0.3, 0.4) is 0 Å². The van der Waals surface area contributed by atoms with Crippen LogP contribution in [0.15, 0.2) is 115 Å². The predicted molar refractivity (Wildman–Crippen MR) is 134 cm³/mol. The van der Waals surface area contributed by atoms with Crippen molar-refractivity contribution in [3.63, 3.8) is 0 Å². The van der Waals surface area contributed by atoms with Gasteiger partial charge < -0.3 is 4.42 Å². The van der Waals surface area contributed by atoms with Gasteiger partial charge in [0.1, 0.15) is 5.58 Å². The number of thioether (sulfide) groups is 1. The van der Waals surface area contributed by atoms with E-state index in [0.29, 0.717) is 16.8 Å². The van der Waals surface area contributed by atoms with Crippen molar-refractivity contribution in [1.29, 1.82) is 0 Å². The molecule has 0 atom stereocenters. The average Bonchev–Trinajstić information content (AvgIpc) is 3.24. The molecule has 0 aliphatic rings. The summed E-state index contributed by atoms with van der Waals surface area (Å²) < 4.78 is 8.45. The molecule has 0 aliphatic carbocycles. The molecule has 0 unspecified atom stereocenters. The highest BCUT2D eigenvalue weighted by Gasteiger charge is 2.15. The molecule has 2 aromatic heterocycles. The smallest absolute Gasteiger partial charge is 0.345 e. The third-order valence-corrected chi connectivity index (χ3v) is 6.18. The van der Waals surface area contributed by atoms with Crippen LogP contribution in [0.25, 0.3) is 34.0 Å². The number of aromatic nitrogens is 2. The zero-order chi connectivity index (χ0) is 21.9. The van der Waals surface area contributed by atoms with Crippen molar-refractivity contribution < 1.29 is 4.42 Å². The van der Waals surface area contributed by atoms with Crippen molar-refractivity contribution in [3.05, 3.63) is 117 Å². The van der Waals surface area contributed by atoms with Crippen LogP contribution in [0.4, 0.5) is 0 Å². The molecule has 0 fully saturated rings. The van der Waals surface area contributed by atoms with Crippen LogP contribution in [0.5, 0.6) is 0 Å². The zero-order valence-corrected chi connectivity index (χ0v) is 19.2. The summed E-state index contributed by atoms with van der Waals surface area (Å²) in [4.78, 5) is 17.5. The molecular formula is C26H17BrN2O2S. The van der Waals surface area contributed by atoms with Crippen molar-refractivity contribution in [2.45, 2.75) is 5.16 Å². The summed E-state index contributed by atoms with van der Waals surface area (Å²) in [5.41, 5.74) is 3.21. The van der Waals surface area contributed by atoms with Gasteiger partial charge in [0.25, 0.3) is 0 Å². The lowest BCUT2D eigenvalue weighted by Gasteiger charge is -2.05. The number of imidazole rings is 1. The van der Waals surface area contributed by atoms with Gasteiger partial charge in [0.15, 0.2) is 5.16 Å². The van der Waals surface area contributed by atoms with Crippen molar-refractivity contribution in [2.24, 2.45) is 0 Å². The van der Waals surface area contributed by atoms with Crippen molar-refractivity contribution in [1.82, 2.24) is 9.55 Å². The summed E-state index contributed by atoms with van der Waals surface area (Å²) in [6.07, 6.45) is 3.92. The lowest BCUT2D eigenvalue weighted by atomic mass is 10.1. The summed E-state index contributed by atoms with van der Waals surface area (Å²) in [6, 6.07) is 27.4. The second-order valence-electron chi connectivity index (χ2n) is 7.08. The lowest BCUT2D eigenvalue weighted by molar-refractivity contribution is 0.563. The van der Waals surface area contributed by atoms with Crippen LogP contribution in [0.2, 0.25) is 0 Å². The van der Waals surface area contributed by atoms with Gasteiger partial charge >= 0.3 is 5.63 Å². The second kappa shape index (κ2) is 9.02. The molecule has 5 aromatic rings. The third kappa shape index (κ3) is 4.33. The molecule has 6 heteroatoms. The lowest BCUT2D eigenvalue weighted by Crippen LogP contribution is -2.02. The first-order chi connectivity index (χ1) is 15.7. The number of hydrogen-bond donors (Lipinski definition) is 0. The SMILES string of the molecule is O=c1oc2ccc(Br)cc2cc1-c1cn(-c2ccccc2)c(S/C=C\c2ccccc2)n1. The van der Waals surface area contributed by atoms with E-state index < -0.39 is 5.63 Å². The van der Waals surface area contributed by atoms with E-state index in [1.165, 1.54) is 11.8 Å². The number of nitrogens with zero attached hydrogens (tertiary/aromatic N) is 2. The highest BCUT2D eigenvalue weighted by atomic mass is 79.9. The van der Waals surface area contributed by atoms with Crippen LogP contribution in [-0.2, 0) is 0 Å². The molecule has 0 saturated carbocycles. The molecule has 0 spiro atoms. The molecule has 156 valence electrons. The highest BCUT2D eigenvalue weighted by molar-refractivity contribution is 9.10. The summed E-state index contributed by atoms with van der Waals surface area (Å²) in [6.45, 7) is 0. The van der Waals surface area contributed by atoms with E-state index in [2.05, 4.69) is 15.9 Å². The Hall–Kier alpha value is -3.35. The van der Waals surface area contributed by atoms with Crippen LogP contribution < -0.4 is 5.63 Å². The fraction of sp³-hybridized carbons (Fsp3) is 0. The Morgan fingerprint density at radius 2 is 1.69 bits per heavy atom. The van der Waals surface area contributed by atoms with Gasteiger partial charge in [-0.2, -0.15) is 0 Å². The Balaban J connectivity index is 1.58. The molecule has 0 saturated heterocycles. The van der Waals surface area contributed by atoms with Gasteiger partial charge in [-0.25, -0.2) is 9.78 Å². The number of benzene rings is 3. The Bertz CT molecular complexity index is 1470. The molecule has 4 nitrogen and oxygen atoms in total. The summed E-state index contributed by atoms with van der Waals surface area (Å²) in [5.74, 6) is 0. The Morgan fingerprint density at radius 1 is 0.938 bits per heavy atom. The third-order valence-electron chi connectivity index (χ3n) is 4.91. The molecule has 0 amide bonds. The van der Waals surface area contributed by atoms with Crippen LogP contribution in [0.1, 0.15) is 5.56 Å². The molecule has 3 aromatic carbocycles. The maximum absolute atomic E-state index is 12.7. The zero-order valence-electron chi connectivity index (χ0n) is 16.8. The summed E-state index contributed by atoms with van der Waals surface area (Å²) in [7, 11) is 0. The van der Waals surface area contributed by atoms with Crippen LogP contribution >= 0.6 is 27.7 Å². The first kappa shape index (κ1) is 20.5. The number of fused-ring (bicyclic) bond motifs is 1. The molecule has 2 heterocycles. The molecular weight excluding hydrogens is 484 g/mol. The van der Waals surface area contributed by atoms with E-state index >= 15 is 0 Å². The fourth-order valence-electron chi connectivity index (χ4n) is 3.36. The number of halogens is 1. The number of hydrogen-bond acceptors (Lipinski definition) is 4. The van der Waals surface area contributed by atoms with Gasteiger partial charge in [-0.05, 0) is 53.4 Å². The van der Waals surface area contributed by atoms with E-state index in [1.807, 2.05) is 101 Å². The average molecular weight is 501 g/mol. The van der Waals surface area contributed by atoms with E-state index in [4.69, 9.17) is 9.40 Å². The molecule has 0 N–H and O–H groups in total. The van der Waals surface area contributed by atoms with E-state index in [1.54, 1.807) is 6.07 Å². The van der Waals surface area contributed by atoms with Crippen molar-refractivity contribution >= 4 is 44.7 Å². The monoisotopic (exact) mass is 500 g/mol. The Labute approximate surface area is 197 Å². The van der Waals surface area contributed by atoms with Gasteiger partial charge in [0.05, 0.1) is 11.3 Å². The molecule has 0 radical (unpaired) electrons. The minimum atomic E-state index is -0.408. The molecule has 0 bridgehead atoms. The normalized spacial score (nSPS) is 11.4. The van der Waals surface area contributed by atoms with E-state index in [-0.39, 0.29) is 0 Å². The first-order valence-electron chi connectivity index (χ1n) is 9.94. The topological polar surface area (TPSA) is 48.0 Å². The standard InChI is InChI=1S/C26H17BrN2O2S/c27-20-11-12-24-19(15-20)16-22(25(30)31-24)23-17-29(21-9-5-2-6-10-21)26(28-23)32-14-13-18-7-3-1-4-8-18/h1-17H/b14-13-. The van der Waals surface area contributed by atoms with Gasteiger partial charge in [-0.1, -0.05) is 76.2 Å². The quantitative estimate of drug-likeness (QED) is 0.189. The van der Waals surface area contributed by atoms with Gasteiger partial charge in [-0.15, -0.1) is 0 Å². The number of para-hydroxylation sites is 1. The van der Waals surface area contributed by atoms with Crippen LogP contribution in [0, 0.1) is 0 Å². The summed E-state index contributed by atoms with van der Waals surface area (Å²) in [5, 5.41) is 3.59. The van der Waals surface area contributed by atoms with Crippen molar-refractivity contribution in [2.75, 3.05) is 0 Å². The maximum Gasteiger partial charge on any atom is 0.345 e. The Morgan fingerprint density at radius 3 is 2.47 bits per heavy atom. The Kier molecular flexibility index (Phi) is 5.79. The van der Waals surface area contributed by atoms with Crippen molar-refractivity contribution in [3.8, 4) is 16.9 Å². The molecule has 5 rings (SSSR count). The highest BCUT2D eigenvalue weighted by Crippen LogP contribution is 2.29.